The van der Waals surface area contributed by atoms with Crippen molar-refractivity contribution in [3.8, 4) is 0 Å². The van der Waals surface area contributed by atoms with Gasteiger partial charge in [0.2, 0.25) is 0 Å². The lowest BCUT2D eigenvalue weighted by molar-refractivity contribution is -0.384. The second-order valence-electron chi connectivity index (χ2n) is 7.19. The van der Waals surface area contributed by atoms with E-state index in [1.807, 2.05) is 4.90 Å². The summed E-state index contributed by atoms with van der Waals surface area (Å²) in [5.41, 5.74) is 0.491. The average molecular weight is 375 g/mol. The number of ether oxygens (including phenoxy) is 1. The number of amides is 1. The number of hydrogen-bond acceptors (Lipinski definition) is 6. The number of carbonyl (C=O) groups is 2. The number of carbonyl (C=O) groups excluding carboxylic acids is 2. The molecule has 1 saturated carbocycles. The molecule has 0 bridgehead atoms. The minimum Gasteiger partial charge on any atom is -0.449 e. The highest BCUT2D eigenvalue weighted by Gasteiger charge is 2.28. The minimum atomic E-state index is -0.942. The lowest BCUT2D eigenvalue weighted by Crippen LogP contribution is -2.37. The van der Waals surface area contributed by atoms with Crippen LogP contribution in [0.2, 0.25) is 0 Å². The molecule has 1 aromatic carbocycles. The first kappa shape index (κ1) is 19.1. The van der Waals surface area contributed by atoms with Crippen LogP contribution in [-0.2, 0) is 9.53 Å². The number of nitrogens with zero attached hydrogens (tertiary/aromatic N) is 2. The largest absolute Gasteiger partial charge is 0.449 e. The van der Waals surface area contributed by atoms with Crippen LogP contribution in [0, 0.1) is 10.1 Å². The van der Waals surface area contributed by atoms with E-state index in [0.717, 1.165) is 51.6 Å². The quantitative estimate of drug-likeness (QED) is 0.466. The van der Waals surface area contributed by atoms with Crippen LogP contribution in [0.5, 0.6) is 0 Å². The number of rotatable bonds is 6. The SMILES string of the molecule is C[C@H](OC(=O)c1ccc(N2CCCCCC2)c([N+](=O)[O-])c1)C(=O)NC1CC1. The van der Waals surface area contributed by atoms with Crippen molar-refractivity contribution < 1.29 is 19.2 Å². The van der Waals surface area contributed by atoms with Crippen molar-refractivity contribution in [3.05, 3.63) is 33.9 Å². The van der Waals surface area contributed by atoms with Gasteiger partial charge in [-0.25, -0.2) is 4.79 Å². The molecule has 0 aromatic heterocycles. The van der Waals surface area contributed by atoms with E-state index in [1.165, 1.54) is 19.1 Å². The number of nitro benzene ring substituents is 1. The van der Waals surface area contributed by atoms with Crippen LogP contribution in [0.15, 0.2) is 18.2 Å². The van der Waals surface area contributed by atoms with Gasteiger partial charge in [0.15, 0.2) is 6.10 Å². The van der Waals surface area contributed by atoms with Gasteiger partial charge in [0.1, 0.15) is 5.69 Å². The second-order valence-corrected chi connectivity index (χ2v) is 7.19. The fraction of sp³-hybridized carbons (Fsp3) is 0.579. The Kier molecular flexibility index (Phi) is 5.93. The van der Waals surface area contributed by atoms with Crippen molar-refractivity contribution in [1.29, 1.82) is 0 Å². The third-order valence-corrected chi connectivity index (χ3v) is 4.93. The zero-order chi connectivity index (χ0) is 19.4. The molecule has 1 aliphatic carbocycles. The lowest BCUT2D eigenvalue weighted by atomic mass is 10.1. The van der Waals surface area contributed by atoms with Crippen LogP contribution in [0.4, 0.5) is 11.4 Å². The zero-order valence-electron chi connectivity index (χ0n) is 15.5. The summed E-state index contributed by atoms with van der Waals surface area (Å²) >= 11 is 0. The maximum Gasteiger partial charge on any atom is 0.339 e. The van der Waals surface area contributed by atoms with E-state index in [4.69, 9.17) is 4.74 Å². The first-order valence-electron chi connectivity index (χ1n) is 9.50. The molecule has 8 nitrogen and oxygen atoms in total. The van der Waals surface area contributed by atoms with Crippen LogP contribution in [0.3, 0.4) is 0 Å². The molecule has 8 heteroatoms. The smallest absolute Gasteiger partial charge is 0.339 e. The van der Waals surface area contributed by atoms with E-state index in [-0.39, 0.29) is 23.2 Å². The van der Waals surface area contributed by atoms with E-state index in [1.54, 1.807) is 6.07 Å². The van der Waals surface area contributed by atoms with E-state index in [9.17, 15) is 19.7 Å². The van der Waals surface area contributed by atoms with E-state index in [2.05, 4.69) is 5.32 Å². The highest BCUT2D eigenvalue weighted by Crippen LogP contribution is 2.31. The molecule has 1 amide bonds. The topological polar surface area (TPSA) is 102 Å². The molecule has 1 saturated heterocycles. The van der Waals surface area contributed by atoms with Crippen molar-refractivity contribution in [2.75, 3.05) is 18.0 Å². The summed E-state index contributed by atoms with van der Waals surface area (Å²) in [4.78, 5) is 37.3. The van der Waals surface area contributed by atoms with Gasteiger partial charge in [-0.1, -0.05) is 12.8 Å². The molecule has 27 heavy (non-hydrogen) atoms. The summed E-state index contributed by atoms with van der Waals surface area (Å²) in [6, 6.07) is 4.55. The van der Waals surface area contributed by atoms with E-state index in [0.29, 0.717) is 5.69 Å². The molecule has 1 aromatic rings. The van der Waals surface area contributed by atoms with Crippen LogP contribution in [0.25, 0.3) is 0 Å². The normalized spacial score (nSPS) is 18.3. The Labute approximate surface area is 158 Å². The van der Waals surface area contributed by atoms with Crippen LogP contribution in [0.1, 0.15) is 55.8 Å². The van der Waals surface area contributed by atoms with Gasteiger partial charge in [-0.15, -0.1) is 0 Å². The van der Waals surface area contributed by atoms with Crippen molar-refractivity contribution in [2.24, 2.45) is 0 Å². The second kappa shape index (κ2) is 8.37. The van der Waals surface area contributed by atoms with Crippen molar-refractivity contribution in [2.45, 2.75) is 57.6 Å². The summed E-state index contributed by atoms with van der Waals surface area (Å²) < 4.78 is 5.18. The predicted molar refractivity (Wildman–Crippen MR) is 99.8 cm³/mol. The molecule has 146 valence electrons. The summed E-state index contributed by atoms with van der Waals surface area (Å²) in [6.07, 6.45) is 5.17. The maximum absolute atomic E-state index is 12.3. The zero-order valence-corrected chi connectivity index (χ0v) is 15.5. The first-order valence-corrected chi connectivity index (χ1v) is 9.50. The lowest BCUT2D eigenvalue weighted by Gasteiger charge is -2.22. The van der Waals surface area contributed by atoms with Crippen molar-refractivity contribution in [3.63, 3.8) is 0 Å². The minimum absolute atomic E-state index is 0.0753. The van der Waals surface area contributed by atoms with Gasteiger partial charge >= 0.3 is 5.97 Å². The molecule has 0 unspecified atom stereocenters. The highest BCUT2D eigenvalue weighted by atomic mass is 16.6. The fourth-order valence-corrected chi connectivity index (χ4v) is 3.20. The van der Waals surface area contributed by atoms with Gasteiger partial charge in [0.05, 0.1) is 10.5 Å². The molecule has 3 rings (SSSR count). The number of anilines is 1. The Hall–Kier alpha value is -2.64. The summed E-state index contributed by atoms with van der Waals surface area (Å²) in [5.74, 6) is -1.08. The molecule has 0 radical (unpaired) electrons. The highest BCUT2D eigenvalue weighted by molar-refractivity contribution is 5.93. The van der Waals surface area contributed by atoms with Gasteiger partial charge in [-0.2, -0.15) is 0 Å². The molecular formula is C19H25N3O5. The average Bonchev–Trinajstić information content (AvgIpc) is 3.47. The van der Waals surface area contributed by atoms with Gasteiger partial charge in [-0.3, -0.25) is 14.9 Å². The van der Waals surface area contributed by atoms with E-state index >= 15 is 0 Å². The maximum atomic E-state index is 12.3. The van der Waals surface area contributed by atoms with Gasteiger partial charge < -0.3 is 15.0 Å². The molecule has 2 aliphatic rings. The molecule has 1 heterocycles. The summed E-state index contributed by atoms with van der Waals surface area (Å²) in [5, 5.41) is 14.3. The Bertz CT molecular complexity index is 724. The molecule has 0 spiro atoms. The van der Waals surface area contributed by atoms with E-state index < -0.39 is 17.0 Å². The Balaban J connectivity index is 1.73. The van der Waals surface area contributed by atoms with Crippen LogP contribution >= 0.6 is 0 Å². The van der Waals surface area contributed by atoms with Crippen LogP contribution < -0.4 is 10.2 Å². The molecule has 1 N–H and O–H groups in total. The monoisotopic (exact) mass is 375 g/mol. The third-order valence-electron chi connectivity index (χ3n) is 4.93. The number of benzene rings is 1. The molecule has 2 fully saturated rings. The van der Waals surface area contributed by atoms with Gasteiger partial charge in [-0.05, 0) is 44.7 Å². The molecule has 1 atom stereocenters. The van der Waals surface area contributed by atoms with Crippen molar-refractivity contribution in [1.82, 2.24) is 5.32 Å². The number of nitro groups is 1. The van der Waals surface area contributed by atoms with Crippen molar-refractivity contribution >= 4 is 23.3 Å². The number of esters is 1. The predicted octanol–water partition coefficient (Wildman–Crippen LogP) is 2.80. The Morgan fingerprint density at radius 3 is 2.48 bits per heavy atom. The van der Waals surface area contributed by atoms with Gasteiger partial charge in [0, 0.05) is 25.2 Å². The summed E-state index contributed by atoms with van der Waals surface area (Å²) in [6.45, 7) is 3.03. The third kappa shape index (κ3) is 4.96. The summed E-state index contributed by atoms with van der Waals surface area (Å²) in [7, 11) is 0. The molecule has 1 aliphatic heterocycles. The Morgan fingerprint density at radius 2 is 1.89 bits per heavy atom. The first-order chi connectivity index (χ1) is 13.0. The van der Waals surface area contributed by atoms with Gasteiger partial charge in [0.25, 0.3) is 11.6 Å². The fourth-order valence-electron chi connectivity index (χ4n) is 3.20. The number of hydrogen-bond donors (Lipinski definition) is 1. The standard InChI is InChI=1S/C19H25N3O5/c1-13(18(23)20-15-7-8-15)27-19(24)14-6-9-16(17(12-14)22(25)26)21-10-4-2-3-5-11-21/h6,9,12-13,15H,2-5,7-8,10-11H2,1H3,(H,20,23)/t13-/m0/s1. The Morgan fingerprint density at radius 1 is 1.22 bits per heavy atom. The van der Waals surface area contributed by atoms with Crippen LogP contribution in [-0.4, -0.2) is 42.0 Å². The number of nitrogens with one attached hydrogen (secondary N) is 1. The molecular weight excluding hydrogens is 350 g/mol.